The number of benzene rings is 5. The van der Waals surface area contributed by atoms with Crippen LogP contribution in [0.25, 0.3) is 44.2 Å². The summed E-state index contributed by atoms with van der Waals surface area (Å²) in [5.74, 6) is 3.36. The fourth-order valence-electron chi connectivity index (χ4n) is 11.2. The second kappa shape index (κ2) is 18.9. The van der Waals surface area contributed by atoms with Crippen LogP contribution in [0, 0.1) is 29.6 Å². The number of alkyl carbamates (subject to hydrolysis) is 2. The summed E-state index contributed by atoms with van der Waals surface area (Å²) in [5, 5.41) is 10.9. The quantitative estimate of drug-likeness (QED) is 0.0629. The molecule has 2 aromatic heterocycles. The summed E-state index contributed by atoms with van der Waals surface area (Å²) < 4.78 is 9.86. The summed E-state index contributed by atoms with van der Waals surface area (Å²) in [7, 11) is 2.59. The number of methoxy groups -OCH3 is 2. The van der Waals surface area contributed by atoms with E-state index in [1.807, 2.05) is 71.8 Å². The normalized spacial score (nSPS) is 22.9. The third-order valence-corrected chi connectivity index (χ3v) is 15.7. The van der Waals surface area contributed by atoms with Crippen molar-refractivity contribution < 1.29 is 28.7 Å². The first-order chi connectivity index (χ1) is 34.5. The van der Waals surface area contributed by atoms with Crippen molar-refractivity contribution in [1.82, 2.24) is 40.8 Å². The Balaban J connectivity index is 0.812. The number of H-pyrrole nitrogens is 2. The molecule has 14 heteroatoms. The van der Waals surface area contributed by atoms with E-state index in [9.17, 15) is 19.2 Å². The number of fused-ring (bicyclic) bond motifs is 4. The van der Waals surface area contributed by atoms with Gasteiger partial charge in [0.15, 0.2) is 0 Å². The number of aromatic amines is 2. The number of carbonyl (C=O) groups excluding carboxylic acids is 4. The molecular weight excluding hydrogens is 893 g/mol. The summed E-state index contributed by atoms with van der Waals surface area (Å²) in [5.41, 5.74) is 8.14. The van der Waals surface area contributed by atoms with E-state index in [1.165, 1.54) is 26.2 Å². The molecule has 4 aliphatic rings. The van der Waals surface area contributed by atoms with E-state index >= 15 is 0 Å². The molecule has 4 aliphatic carbocycles. The maximum Gasteiger partial charge on any atom is 0.407 e. The SMILES string of the molecule is COC(=O)N[C@@H](C(=O)NC(c1ncc(-c2ccc(-c3ccc4c(ccc5nc(CN(C(=O)[C@H](NC(=O)OC)c6ccc(C7C=CC7)cc6)[C@@H]6[C@H](C)[C@@H]6C)[nH]c54)c3)cc2)[nH]1)[C@H]1CC2C[C@H]2C1)c1ccccc1. The van der Waals surface area contributed by atoms with Crippen molar-refractivity contribution >= 4 is 45.8 Å². The predicted molar refractivity (Wildman–Crippen MR) is 270 cm³/mol. The number of rotatable bonds is 15. The van der Waals surface area contributed by atoms with Crippen LogP contribution in [-0.4, -0.2) is 69.1 Å². The molecule has 3 saturated carbocycles. The van der Waals surface area contributed by atoms with Gasteiger partial charge in [0.05, 0.1) is 49.7 Å². The van der Waals surface area contributed by atoms with Crippen LogP contribution < -0.4 is 16.0 Å². The topological polar surface area (TPSA) is 183 Å². The van der Waals surface area contributed by atoms with Gasteiger partial charge in [-0.05, 0) is 106 Å². The number of aromatic nitrogens is 4. The van der Waals surface area contributed by atoms with Gasteiger partial charge in [0, 0.05) is 17.3 Å². The van der Waals surface area contributed by atoms with Crippen LogP contribution in [0.15, 0.2) is 128 Å². The molecule has 0 spiro atoms. The van der Waals surface area contributed by atoms with E-state index in [4.69, 9.17) is 19.4 Å². The molecule has 5 aromatic carbocycles. The Labute approximate surface area is 412 Å². The average Bonchev–Trinajstić information content (AvgIpc) is 3.90. The summed E-state index contributed by atoms with van der Waals surface area (Å²) >= 11 is 0. The average molecular weight is 951 g/mol. The van der Waals surface area contributed by atoms with Crippen LogP contribution in [0.3, 0.4) is 0 Å². The lowest BCUT2D eigenvalue weighted by Gasteiger charge is -2.28. The monoisotopic (exact) mass is 950 g/mol. The van der Waals surface area contributed by atoms with Gasteiger partial charge in [-0.2, -0.15) is 0 Å². The Bertz CT molecular complexity index is 3150. The fourth-order valence-corrected chi connectivity index (χ4v) is 11.2. The van der Waals surface area contributed by atoms with Gasteiger partial charge < -0.3 is 40.3 Å². The molecule has 2 heterocycles. The third-order valence-electron chi connectivity index (χ3n) is 15.7. The van der Waals surface area contributed by atoms with Gasteiger partial charge >= 0.3 is 12.2 Å². The summed E-state index contributed by atoms with van der Waals surface area (Å²) in [6, 6.07) is 33.7. The number of amides is 4. The van der Waals surface area contributed by atoms with Gasteiger partial charge in [0.2, 0.25) is 5.91 Å². The number of allylic oxidation sites excluding steroid dienone is 2. The van der Waals surface area contributed by atoms with Crippen LogP contribution in [0.1, 0.15) is 91.9 Å². The maximum atomic E-state index is 14.7. The van der Waals surface area contributed by atoms with E-state index in [0.717, 1.165) is 63.5 Å². The number of carbonyl (C=O) groups is 4. The van der Waals surface area contributed by atoms with Gasteiger partial charge in [0.1, 0.15) is 23.7 Å². The number of nitrogens with one attached hydrogen (secondary N) is 5. The van der Waals surface area contributed by atoms with E-state index in [1.54, 1.807) is 0 Å². The molecule has 0 bridgehead atoms. The molecule has 14 nitrogen and oxygen atoms in total. The molecule has 5 N–H and O–H groups in total. The Kier molecular flexibility index (Phi) is 12.1. The number of ether oxygens (including phenoxy) is 2. The van der Waals surface area contributed by atoms with E-state index < -0.39 is 24.3 Å². The summed E-state index contributed by atoms with van der Waals surface area (Å²) in [6.07, 6.45) is 9.07. The van der Waals surface area contributed by atoms with Gasteiger partial charge in [-0.15, -0.1) is 0 Å². The molecule has 11 rings (SSSR count). The standard InChI is InChI=1S/C57H58N8O6/c1-31-32(2)52(31)65(55(67)50(64-57(69)71-4)38-19-15-34(16-20-38)33-11-8-12-33)30-47-59-45-24-22-40-25-39(21-23-44(40)51(45)61-47)35-13-17-36(18-14-35)46-29-58-53(60-46)48(43-27-41-26-42(41)28-43)62-54(66)49(63-56(68)70-3)37-9-6-5-7-10-37/h5-11,13-25,29,31-33,41-43,48-50,52H,12,26-28,30H2,1-4H3,(H,58,60)(H,59,61)(H,62,66)(H,63,68)(H,64,69)/t31-,32+,33?,41-,42?,43+,48?,49+,50+,52-/m0/s1. The van der Waals surface area contributed by atoms with Crippen molar-refractivity contribution in [2.45, 2.75) is 76.2 Å². The zero-order chi connectivity index (χ0) is 48.9. The predicted octanol–water partition coefficient (Wildman–Crippen LogP) is 10.2. The molecule has 4 amide bonds. The Morgan fingerprint density at radius 1 is 0.732 bits per heavy atom. The van der Waals surface area contributed by atoms with Crippen molar-refractivity contribution in [1.29, 1.82) is 0 Å². The molecule has 3 unspecified atom stereocenters. The maximum absolute atomic E-state index is 14.7. The van der Waals surface area contributed by atoms with Gasteiger partial charge in [0.25, 0.3) is 5.91 Å². The highest BCUT2D eigenvalue weighted by Crippen LogP contribution is 2.57. The van der Waals surface area contributed by atoms with Crippen molar-refractivity contribution in [2.75, 3.05) is 14.2 Å². The van der Waals surface area contributed by atoms with Crippen molar-refractivity contribution in [3.05, 3.63) is 156 Å². The second-order valence-electron chi connectivity index (χ2n) is 20.0. The van der Waals surface area contributed by atoms with Crippen LogP contribution >= 0.6 is 0 Å². The number of hydrogen-bond donors (Lipinski definition) is 5. The lowest BCUT2D eigenvalue weighted by Crippen LogP contribution is -2.44. The Morgan fingerprint density at radius 3 is 2.06 bits per heavy atom. The molecule has 10 atom stereocenters. The van der Waals surface area contributed by atoms with E-state index in [-0.39, 0.29) is 48.2 Å². The van der Waals surface area contributed by atoms with Gasteiger partial charge in [-0.1, -0.05) is 123 Å². The van der Waals surface area contributed by atoms with Crippen LogP contribution in [0.4, 0.5) is 9.59 Å². The molecule has 0 aliphatic heterocycles. The Morgan fingerprint density at radius 2 is 1.39 bits per heavy atom. The van der Waals surface area contributed by atoms with Gasteiger partial charge in [-0.3, -0.25) is 9.59 Å². The highest BCUT2D eigenvalue weighted by molar-refractivity contribution is 6.05. The zero-order valence-corrected chi connectivity index (χ0v) is 40.2. The molecular formula is C57H58N8O6. The molecule has 0 radical (unpaired) electrons. The molecule has 71 heavy (non-hydrogen) atoms. The number of nitrogens with zero attached hydrogens (tertiary/aromatic N) is 3. The fraction of sp³-hybridized carbons (Fsp3) is 0.333. The molecule has 362 valence electrons. The van der Waals surface area contributed by atoms with Crippen molar-refractivity contribution in [2.24, 2.45) is 29.6 Å². The van der Waals surface area contributed by atoms with Crippen LogP contribution in [0.2, 0.25) is 0 Å². The first-order valence-electron chi connectivity index (χ1n) is 24.7. The Hall–Kier alpha value is -7.74. The lowest BCUT2D eigenvalue weighted by atomic mass is 9.87. The third kappa shape index (κ3) is 9.14. The minimum Gasteiger partial charge on any atom is -0.453 e. The number of hydrogen-bond acceptors (Lipinski definition) is 8. The largest absolute Gasteiger partial charge is 0.453 e. The summed E-state index contributed by atoms with van der Waals surface area (Å²) in [6.45, 7) is 4.56. The number of imidazole rings is 2. The van der Waals surface area contributed by atoms with E-state index in [0.29, 0.717) is 40.5 Å². The van der Waals surface area contributed by atoms with Crippen LogP contribution in [-0.2, 0) is 25.6 Å². The highest BCUT2D eigenvalue weighted by Gasteiger charge is 2.51. The van der Waals surface area contributed by atoms with Gasteiger partial charge in [-0.25, -0.2) is 19.6 Å². The second-order valence-corrected chi connectivity index (χ2v) is 20.0. The minimum absolute atomic E-state index is 0.0125. The lowest BCUT2D eigenvalue weighted by molar-refractivity contribution is -0.135. The minimum atomic E-state index is -0.934. The van der Waals surface area contributed by atoms with Crippen LogP contribution in [0.5, 0.6) is 0 Å². The van der Waals surface area contributed by atoms with Crippen molar-refractivity contribution in [3.63, 3.8) is 0 Å². The first-order valence-corrected chi connectivity index (χ1v) is 24.7. The first kappa shape index (κ1) is 45.7. The highest BCUT2D eigenvalue weighted by atomic mass is 16.5. The molecule has 0 saturated heterocycles. The molecule has 3 fully saturated rings. The van der Waals surface area contributed by atoms with Crippen molar-refractivity contribution in [3.8, 4) is 22.4 Å². The summed E-state index contributed by atoms with van der Waals surface area (Å²) in [4.78, 5) is 72.5. The zero-order valence-electron chi connectivity index (χ0n) is 40.2. The smallest absolute Gasteiger partial charge is 0.407 e. The molecule has 7 aromatic rings. The van der Waals surface area contributed by atoms with E-state index in [2.05, 4.69) is 100 Å².